The molecule has 7 heteroatoms. The van der Waals surface area contributed by atoms with Crippen LogP contribution in [0.1, 0.15) is 51.9 Å². The van der Waals surface area contributed by atoms with E-state index in [0.717, 1.165) is 25.7 Å². The molecule has 0 rings (SSSR count). The van der Waals surface area contributed by atoms with E-state index < -0.39 is 21.9 Å². The zero-order valence-electron chi connectivity index (χ0n) is 15.7. The third-order valence-electron chi connectivity index (χ3n) is 3.66. The molecule has 0 saturated heterocycles. The summed E-state index contributed by atoms with van der Waals surface area (Å²) in [5.41, 5.74) is -2.74. The van der Waals surface area contributed by atoms with Crippen LogP contribution in [-0.2, 0) is 4.79 Å². The molecular formula is C20H28N2O5. The largest absolute Gasteiger partial charge is 0.513 e. The maximum Gasteiger partial charge on any atom is 0.513 e. The first-order valence-corrected chi connectivity index (χ1v) is 9.01. The quantitative estimate of drug-likeness (QED) is 0.132. The van der Waals surface area contributed by atoms with Gasteiger partial charge >= 0.3 is 5.66 Å². The molecule has 0 fully saturated rings. The van der Waals surface area contributed by atoms with Crippen LogP contribution in [0.25, 0.3) is 0 Å². The van der Waals surface area contributed by atoms with E-state index in [1.807, 2.05) is 12.2 Å². The van der Waals surface area contributed by atoms with Crippen molar-refractivity contribution in [3.8, 4) is 0 Å². The molecule has 0 bridgehead atoms. The fourth-order valence-corrected chi connectivity index (χ4v) is 2.06. The van der Waals surface area contributed by atoms with Gasteiger partial charge in [0.1, 0.15) is 16.3 Å². The van der Waals surface area contributed by atoms with Crippen LogP contribution in [0.4, 0.5) is 0 Å². The van der Waals surface area contributed by atoms with Crippen LogP contribution in [-0.4, -0.2) is 21.8 Å². The molecule has 0 aromatic heterocycles. The normalized spacial score (nSPS) is 12.9. The molecule has 7 nitrogen and oxygen atoms in total. The first kappa shape index (κ1) is 24.2. The fourth-order valence-electron chi connectivity index (χ4n) is 2.06. The molecular weight excluding hydrogens is 348 g/mol. The highest BCUT2D eigenvalue weighted by Gasteiger charge is 2.55. The molecule has 0 N–H and O–H groups in total. The number of hydrogen-bond acceptors (Lipinski definition) is 5. The van der Waals surface area contributed by atoms with Crippen LogP contribution in [0.5, 0.6) is 0 Å². The van der Waals surface area contributed by atoms with Crippen molar-refractivity contribution < 1.29 is 14.6 Å². The third-order valence-corrected chi connectivity index (χ3v) is 3.66. The molecule has 0 aliphatic rings. The van der Waals surface area contributed by atoms with Crippen LogP contribution < -0.4 is 0 Å². The summed E-state index contributed by atoms with van der Waals surface area (Å²) in [6.07, 6.45) is 23.8. The fraction of sp³-hybridized carbons (Fsp3) is 0.450. The van der Waals surface area contributed by atoms with Gasteiger partial charge in [-0.15, -0.1) is 0 Å². The monoisotopic (exact) mass is 376 g/mol. The highest BCUT2D eigenvalue weighted by Crippen LogP contribution is 2.16. The van der Waals surface area contributed by atoms with Crippen LogP contribution >= 0.6 is 0 Å². The second kappa shape index (κ2) is 15.4. The SMILES string of the molecule is CCC=CCC=CCC=CCC=CCC=CCCC(C=O)([N+](=O)[O-])[N+](=O)[O-]. The minimum absolute atomic E-state index is 0.0915. The van der Waals surface area contributed by atoms with Crippen LogP contribution in [0.15, 0.2) is 60.8 Å². The van der Waals surface area contributed by atoms with Crippen molar-refractivity contribution in [2.45, 2.75) is 57.5 Å². The Hall–Kier alpha value is -2.83. The molecule has 148 valence electrons. The van der Waals surface area contributed by atoms with Crippen LogP contribution in [0, 0.1) is 20.2 Å². The average molecular weight is 376 g/mol. The number of aldehydes is 1. The van der Waals surface area contributed by atoms with Crippen molar-refractivity contribution in [2.24, 2.45) is 0 Å². The first-order valence-electron chi connectivity index (χ1n) is 9.01. The van der Waals surface area contributed by atoms with E-state index in [1.165, 1.54) is 0 Å². The molecule has 0 amide bonds. The molecule has 0 radical (unpaired) electrons. The van der Waals surface area contributed by atoms with Crippen molar-refractivity contribution in [3.63, 3.8) is 0 Å². The van der Waals surface area contributed by atoms with Gasteiger partial charge in [-0.2, -0.15) is 0 Å². The van der Waals surface area contributed by atoms with Crippen molar-refractivity contribution in [1.29, 1.82) is 0 Å². The summed E-state index contributed by atoms with van der Waals surface area (Å²) >= 11 is 0. The summed E-state index contributed by atoms with van der Waals surface area (Å²) in [6, 6.07) is 0. The maximum absolute atomic E-state index is 10.8. The molecule has 0 aromatic carbocycles. The van der Waals surface area contributed by atoms with Gasteiger partial charge in [0.25, 0.3) is 6.29 Å². The Morgan fingerprint density at radius 1 is 0.704 bits per heavy atom. The Balaban J connectivity index is 3.98. The number of hydrogen-bond donors (Lipinski definition) is 0. The number of carbonyl (C=O) groups excluding carboxylic acids is 1. The molecule has 27 heavy (non-hydrogen) atoms. The summed E-state index contributed by atoms with van der Waals surface area (Å²) in [6.45, 7) is 2.11. The van der Waals surface area contributed by atoms with Gasteiger partial charge in [-0.3, -0.25) is 25.0 Å². The lowest BCUT2D eigenvalue weighted by Crippen LogP contribution is -2.47. The predicted octanol–water partition coefficient (Wildman–Crippen LogP) is 4.97. The highest BCUT2D eigenvalue weighted by molar-refractivity contribution is 5.59. The van der Waals surface area contributed by atoms with Crippen LogP contribution in [0.2, 0.25) is 0 Å². The lowest BCUT2D eigenvalue weighted by atomic mass is 10.1. The van der Waals surface area contributed by atoms with Gasteiger partial charge in [0.2, 0.25) is 0 Å². The summed E-state index contributed by atoms with van der Waals surface area (Å²) in [7, 11) is 0. The number of rotatable bonds is 15. The molecule has 0 spiro atoms. The Labute approximate surface area is 160 Å². The van der Waals surface area contributed by atoms with Crippen LogP contribution in [0.3, 0.4) is 0 Å². The molecule has 0 aliphatic heterocycles. The number of nitro groups is 2. The van der Waals surface area contributed by atoms with E-state index in [0.29, 0.717) is 6.42 Å². The number of nitrogens with zero attached hydrogens (tertiary/aromatic N) is 2. The molecule has 0 saturated carbocycles. The third kappa shape index (κ3) is 10.7. The average Bonchev–Trinajstić information content (AvgIpc) is 2.64. The van der Waals surface area contributed by atoms with Gasteiger partial charge in [0.15, 0.2) is 0 Å². The molecule has 0 unspecified atom stereocenters. The Kier molecular flexibility index (Phi) is 13.8. The van der Waals surface area contributed by atoms with Gasteiger partial charge in [-0.1, -0.05) is 67.7 Å². The van der Waals surface area contributed by atoms with Gasteiger partial charge in [-0.25, -0.2) is 0 Å². The maximum atomic E-state index is 10.8. The summed E-state index contributed by atoms with van der Waals surface area (Å²) in [5, 5.41) is 21.5. The van der Waals surface area contributed by atoms with E-state index >= 15 is 0 Å². The lowest BCUT2D eigenvalue weighted by molar-refractivity contribution is -0.774. The minimum Gasteiger partial charge on any atom is -0.287 e. The van der Waals surface area contributed by atoms with Gasteiger partial charge in [-0.05, 0) is 38.5 Å². The summed E-state index contributed by atoms with van der Waals surface area (Å²) in [5.74, 6) is 0. The Bertz CT molecular complexity index is 589. The topological polar surface area (TPSA) is 103 Å². The zero-order chi connectivity index (χ0) is 20.4. The highest BCUT2D eigenvalue weighted by atomic mass is 16.7. The van der Waals surface area contributed by atoms with E-state index in [-0.39, 0.29) is 12.7 Å². The second-order valence-corrected chi connectivity index (χ2v) is 5.76. The molecule has 0 atom stereocenters. The predicted molar refractivity (Wildman–Crippen MR) is 106 cm³/mol. The van der Waals surface area contributed by atoms with Gasteiger partial charge in [0, 0.05) is 0 Å². The molecule has 0 aromatic rings. The second-order valence-electron chi connectivity index (χ2n) is 5.76. The summed E-state index contributed by atoms with van der Waals surface area (Å²) < 4.78 is 0. The van der Waals surface area contributed by atoms with E-state index in [1.54, 1.807) is 12.2 Å². The van der Waals surface area contributed by atoms with Gasteiger partial charge in [0.05, 0.1) is 0 Å². The number of allylic oxidation sites excluding steroid dienone is 10. The van der Waals surface area contributed by atoms with E-state index in [4.69, 9.17) is 0 Å². The van der Waals surface area contributed by atoms with Crippen molar-refractivity contribution in [1.82, 2.24) is 0 Å². The first-order chi connectivity index (χ1) is 13.0. The van der Waals surface area contributed by atoms with E-state index in [9.17, 15) is 25.0 Å². The standard InChI is InChI=1S/C20H28N2O5/c1-2-3-4-5-6-7-8-9-10-11-12-13-14-15-16-17-18-20(19-23,21(24)25)22(26)27/h3-4,6-7,9-10,12-13,15-16,19H,2,5,8,11,14,17-18H2,1H3. The summed E-state index contributed by atoms with van der Waals surface area (Å²) in [4.78, 5) is 30.0. The number of carbonyl (C=O) groups is 1. The van der Waals surface area contributed by atoms with Crippen molar-refractivity contribution in [2.75, 3.05) is 0 Å². The van der Waals surface area contributed by atoms with Gasteiger partial charge < -0.3 is 0 Å². The zero-order valence-corrected chi connectivity index (χ0v) is 15.7. The van der Waals surface area contributed by atoms with Crippen molar-refractivity contribution in [3.05, 3.63) is 81.0 Å². The van der Waals surface area contributed by atoms with E-state index in [2.05, 4.69) is 43.4 Å². The molecule has 0 heterocycles. The lowest BCUT2D eigenvalue weighted by Gasteiger charge is -2.09. The Morgan fingerprint density at radius 3 is 1.41 bits per heavy atom. The smallest absolute Gasteiger partial charge is 0.287 e. The minimum atomic E-state index is -2.74. The Morgan fingerprint density at radius 2 is 1.07 bits per heavy atom. The van der Waals surface area contributed by atoms with Crippen molar-refractivity contribution >= 4 is 6.29 Å². The molecule has 0 aliphatic carbocycles.